The van der Waals surface area contributed by atoms with Gasteiger partial charge in [-0.1, -0.05) is 30.3 Å². The average Bonchev–Trinajstić information content (AvgIpc) is 2.30. The molecule has 2 aromatic carbocycles. The van der Waals surface area contributed by atoms with E-state index in [0.29, 0.717) is 0 Å². The van der Waals surface area contributed by atoms with Crippen LogP contribution in [0.25, 0.3) is 0 Å². The van der Waals surface area contributed by atoms with Gasteiger partial charge in [-0.3, -0.25) is 0 Å². The van der Waals surface area contributed by atoms with Crippen LogP contribution >= 0.6 is 0 Å². The van der Waals surface area contributed by atoms with E-state index in [0.717, 1.165) is 17.1 Å². The largest absolute Gasteiger partial charge is 0.397 e. The van der Waals surface area contributed by atoms with Crippen molar-refractivity contribution in [2.75, 3.05) is 17.7 Å². The van der Waals surface area contributed by atoms with Gasteiger partial charge in [0.1, 0.15) is 0 Å². The molecule has 82 valence electrons. The number of hydrogen-bond acceptors (Lipinski definition) is 2. The Bertz CT molecular complexity index is 457. The third-order valence-corrected chi connectivity index (χ3v) is 2.75. The summed E-state index contributed by atoms with van der Waals surface area (Å²) >= 11 is 0. The second-order valence-electron chi connectivity index (χ2n) is 3.91. The summed E-state index contributed by atoms with van der Waals surface area (Å²) in [5, 5.41) is 0. The molecule has 0 radical (unpaired) electrons. The summed E-state index contributed by atoms with van der Waals surface area (Å²) in [4.78, 5) is 2.12. The topological polar surface area (TPSA) is 29.3 Å². The predicted molar refractivity (Wildman–Crippen MR) is 70.1 cm³/mol. The van der Waals surface area contributed by atoms with Gasteiger partial charge in [-0.25, -0.2) is 0 Å². The standard InChI is InChI=1S/C14H16N2/c1-11-7-6-10-13(15)14(11)16(2)12-8-4-3-5-9-12/h3-10H,15H2,1-2H3. The molecule has 0 fully saturated rings. The minimum Gasteiger partial charge on any atom is -0.397 e. The molecule has 2 heteroatoms. The molecule has 0 aromatic heterocycles. The van der Waals surface area contributed by atoms with Gasteiger partial charge >= 0.3 is 0 Å². The number of nitrogen functional groups attached to an aromatic ring is 1. The minimum atomic E-state index is 0.811. The Morgan fingerprint density at radius 1 is 0.938 bits per heavy atom. The first kappa shape index (κ1) is 10.6. The molecule has 0 saturated carbocycles. The molecule has 0 spiro atoms. The van der Waals surface area contributed by atoms with Crippen molar-refractivity contribution in [1.29, 1.82) is 0 Å². The molecule has 2 aromatic rings. The Hall–Kier alpha value is -1.96. The molecule has 0 aliphatic rings. The van der Waals surface area contributed by atoms with E-state index in [9.17, 15) is 0 Å². The lowest BCUT2D eigenvalue weighted by atomic mass is 10.1. The molecule has 0 bridgehead atoms. The van der Waals surface area contributed by atoms with Crippen molar-refractivity contribution in [1.82, 2.24) is 0 Å². The van der Waals surface area contributed by atoms with Crippen LogP contribution in [0.3, 0.4) is 0 Å². The molecule has 2 N–H and O–H groups in total. The summed E-state index contributed by atoms with van der Waals surface area (Å²) < 4.78 is 0. The number of para-hydroxylation sites is 2. The number of anilines is 3. The molecular weight excluding hydrogens is 196 g/mol. The number of benzene rings is 2. The third-order valence-electron chi connectivity index (χ3n) is 2.75. The van der Waals surface area contributed by atoms with Crippen LogP contribution in [0.1, 0.15) is 5.56 Å². The van der Waals surface area contributed by atoms with Crippen LogP contribution in [-0.2, 0) is 0 Å². The van der Waals surface area contributed by atoms with E-state index in [1.54, 1.807) is 0 Å². The van der Waals surface area contributed by atoms with Gasteiger partial charge in [-0.15, -0.1) is 0 Å². The first-order valence-electron chi connectivity index (χ1n) is 5.34. The Labute approximate surface area is 96.3 Å². The number of rotatable bonds is 2. The molecular formula is C14H16N2. The summed E-state index contributed by atoms with van der Waals surface area (Å²) in [6, 6.07) is 16.2. The van der Waals surface area contributed by atoms with E-state index in [1.165, 1.54) is 5.56 Å². The highest BCUT2D eigenvalue weighted by atomic mass is 15.1. The Balaban J connectivity index is 2.46. The third kappa shape index (κ3) is 1.87. The highest BCUT2D eigenvalue weighted by Crippen LogP contribution is 2.31. The van der Waals surface area contributed by atoms with Crippen molar-refractivity contribution in [3.05, 3.63) is 54.1 Å². The summed E-state index contributed by atoms with van der Waals surface area (Å²) in [6.45, 7) is 2.07. The van der Waals surface area contributed by atoms with E-state index >= 15 is 0 Å². The maximum Gasteiger partial charge on any atom is 0.0671 e. The monoisotopic (exact) mass is 212 g/mol. The predicted octanol–water partition coefficient (Wildman–Crippen LogP) is 3.35. The first-order chi connectivity index (χ1) is 7.70. The molecule has 2 rings (SSSR count). The number of nitrogens with two attached hydrogens (primary N) is 1. The molecule has 0 saturated heterocycles. The van der Waals surface area contributed by atoms with Crippen molar-refractivity contribution in [2.45, 2.75) is 6.92 Å². The average molecular weight is 212 g/mol. The molecule has 0 unspecified atom stereocenters. The number of hydrogen-bond donors (Lipinski definition) is 1. The van der Waals surface area contributed by atoms with Crippen LogP contribution < -0.4 is 10.6 Å². The zero-order chi connectivity index (χ0) is 11.5. The van der Waals surface area contributed by atoms with Gasteiger partial charge in [0.15, 0.2) is 0 Å². The van der Waals surface area contributed by atoms with Crippen LogP contribution in [0.4, 0.5) is 17.1 Å². The van der Waals surface area contributed by atoms with Crippen LogP contribution in [0, 0.1) is 6.92 Å². The normalized spacial score (nSPS) is 10.1. The quantitative estimate of drug-likeness (QED) is 0.773. The van der Waals surface area contributed by atoms with Gasteiger partial charge in [0.2, 0.25) is 0 Å². The SMILES string of the molecule is Cc1cccc(N)c1N(C)c1ccccc1. The molecule has 16 heavy (non-hydrogen) atoms. The van der Waals surface area contributed by atoms with Gasteiger partial charge in [0.25, 0.3) is 0 Å². The molecule has 2 nitrogen and oxygen atoms in total. The van der Waals surface area contributed by atoms with E-state index in [1.807, 2.05) is 37.4 Å². The van der Waals surface area contributed by atoms with Gasteiger partial charge < -0.3 is 10.6 Å². The van der Waals surface area contributed by atoms with Gasteiger partial charge in [0, 0.05) is 12.7 Å². The fourth-order valence-electron chi connectivity index (χ4n) is 1.92. The van der Waals surface area contributed by atoms with Crippen LogP contribution in [0.5, 0.6) is 0 Å². The zero-order valence-electron chi connectivity index (χ0n) is 9.64. The molecule has 0 aliphatic carbocycles. The van der Waals surface area contributed by atoms with Crippen molar-refractivity contribution in [3.8, 4) is 0 Å². The van der Waals surface area contributed by atoms with Crippen LogP contribution in [0.2, 0.25) is 0 Å². The Kier molecular flexibility index (Phi) is 2.82. The van der Waals surface area contributed by atoms with E-state index in [-0.39, 0.29) is 0 Å². The lowest BCUT2D eigenvalue weighted by molar-refractivity contribution is 1.19. The molecule has 0 atom stereocenters. The lowest BCUT2D eigenvalue weighted by Crippen LogP contribution is -2.12. The molecule has 0 heterocycles. The van der Waals surface area contributed by atoms with Crippen molar-refractivity contribution < 1.29 is 0 Å². The summed E-state index contributed by atoms with van der Waals surface area (Å²) in [5.74, 6) is 0. The highest BCUT2D eigenvalue weighted by molar-refractivity contribution is 5.77. The molecule has 0 aliphatic heterocycles. The fraction of sp³-hybridized carbons (Fsp3) is 0.143. The van der Waals surface area contributed by atoms with Crippen LogP contribution in [0.15, 0.2) is 48.5 Å². The van der Waals surface area contributed by atoms with E-state index in [4.69, 9.17) is 5.73 Å². The maximum absolute atomic E-state index is 6.02. The van der Waals surface area contributed by atoms with Gasteiger partial charge in [0.05, 0.1) is 11.4 Å². The van der Waals surface area contributed by atoms with Gasteiger partial charge in [-0.2, -0.15) is 0 Å². The van der Waals surface area contributed by atoms with Crippen LogP contribution in [-0.4, -0.2) is 7.05 Å². The van der Waals surface area contributed by atoms with Crippen molar-refractivity contribution in [2.24, 2.45) is 0 Å². The number of nitrogens with zero attached hydrogens (tertiary/aromatic N) is 1. The van der Waals surface area contributed by atoms with E-state index < -0.39 is 0 Å². The zero-order valence-corrected chi connectivity index (χ0v) is 9.64. The summed E-state index contributed by atoms with van der Waals surface area (Å²) in [7, 11) is 2.04. The minimum absolute atomic E-state index is 0.811. The fourth-order valence-corrected chi connectivity index (χ4v) is 1.92. The Morgan fingerprint density at radius 2 is 1.62 bits per heavy atom. The Morgan fingerprint density at radius 3 is 2.25 bits per heavy atom. The molecule has 0 amide bonds. The summed E-state index contributed by atoms with van der Waals surface area (Å²) in [5.41, 5.74) is 10.2. The second-order valence-corrected chi connectivity index (χ2v) is 3.91. The first-order valence-corrected chi connectivity index (χ1v) is 5.34. The van der Waals surface area contributed by atoms with Crippen molar-refractivity contribution >= 4 is 17.1 Å². The highest BCUT2D eigenvalue weighted by Gasteiger charge is 2.09. The van der Waals surface area contributed by atoms with E-state index in [2.05, 4.69) is 30.0 Å². The smallest absolute Gasteiger partial charge is 0.0671 e. The lowest BCUT2D eigenvalue weighted by Gasteiger charge is -2.23. The van der Waals surface area contributed by atoms with Gasteiger partial charge in [-0.05, 0) is 30.7 Å². The maximum atomic E-state index is 6.02. The van der Waals surface area contributed by atoms with Crippen molar-refractivity contribution in [3.63, 3.8) is 0 Å². The second kappa shape index (κ2) is 4.27. The number of aryl methyl sites for hydroxylation is 1. The summed E-state index contributed by atoms with van der Waals surface area (Å²) in [6.07, 6.45) is 0.